The van der Waals surface area contributed by atoms with Crippen LogP contribution in [-0.4, -0.2) is 120 Å². The number of carbonyl (C=O) groups excluding carboxylic acids is 5. The molecule has 0 saturated heterocycles. The number of aromatic nitrogens is 8. The first kappa shape index (κ1) is 90.9. The molecule has 0 amide bonds. The Labute approximate surface area is 712 Å². The van der Waals surface area contributed by atoms with Crippen molar-refractivity contribution in [3.05, 3.63) is 304 Å². The Morgan fingerprint density at radius 3 is 0.958 bits per heavy atom. The number of nitriles is 1. The first-order chi connectivity index (χ1) is 57.0. The topological polar surface area (TPSA) is 284 Å². The fourth-order valence-corrected chi connectivity index (χ4v) is 14.2. The Kier molecular flexibility index (Phi) is 32.8. The van der Waals surface area contributed by atoms with E-state index < -0.39 is 11.9 Å². The number of carboxylic acid groups (broad SMARTS) is 1. The average Bonchev–Trinajstić information content (AvgIpc) is 1.20. The fraction of sp³-hybridized carbons (Fsp3) is 0.280. The van der Waals surface area contributed by atoms with Crippen molar-refractivity contribution in [2.75, 3.05) is 35.5 Å². The molecule has 22 nitrogen and oxygen atoms in total. The van der Waals surface area contributed by atoms with E-state index in [0.717, 1.165) is 90.6 Å². The van der Waals surface area contributed by atoms with Crippen molar-refractivity contribution in [2.24, 2.45) is 0 Å². The lowest BCUT2D eigenvalue weighted by Crippen LogP contribution is -2.13. The van der Waals surface area contributed by atoms with Crippen LogP contribution >= 0.6 is 46.4 Å². The average molecular weight is 1690 g/mol. The summed E-state index contributed by atoms with van der Waals surface area (Å²) >= 11 is 24.5. The van der Waals surface area contributed by atoms with E-state index in [0.29, 0.717) is 105 Å². The van der Waals surface area contributed by atoms with Gasteiger partial charge in [-0.25, -0.2) is 28.3 Å². The molecule has 0 spiro atoms. The quantitative estimate of drug-likeness (QED) is 0.0382. The van der Waals surface area contributed by atoms with Crippen molar-refractivity contribution >= 4 is 81.5 Å². The van der Waals surface area contributed by atoms with Gasteiger partial charge in [0.25, 0.3) is 0 Å². The van der Waals surface area contributed by atoms with Gasteiger partial charge in [-0.1, -0.05) is 129 Å². The monoisotopic (exact) mass is 1690 g/mol. The van der Waals surface area contributed by atoms with Gasteiger partial charge in [0.15, 0.2) is 0 Å². The van der Waals surface area contributed by atoms with Gasteiger partial charge >= 0.3 is 11.9 Å². The molecule has 0 aliphatic carbocycles. The summed E-state index contributed by atoms with van der Waals surface area (Å²) in [5.74, 6) is -0.717. The summed E-state index contributed by atoms with van der Waals surface area (Å²) in [4.78, 5) is 74.5. The van der Waals surface area contributed by atoms with E-state index >= 15 is 0 Å². The predicted octanol–water partition coefficient (Wildman–Crippen LogP) is 19.4. The second-order valence-corrected chi connectivity index (χ2v) is 30.2. The maximum Gasteiger partial charge on any atom is 0.341 e. The minimum absolute atomic E-state index is 0.0524. The van der Waals surface area contributed by atoms with Gasteiger partial charge < -0.3 is 33.9 Å². The van der Waals surface area contributed by atoms with Crippen LogP contribution in [0.25, 0.3) is 22.7 Å². The van der Waals surface area contributed by atoms with E-state index in [-0.39, 0.29) is 64.7 Å². The molecule has 4 heterocycles. The smallest absolute Gasteiger partial charge is 0.341 e. The number of rotatable bonds is 31. The first-order valence-electron chi connectivity index (χ1n) is 38.4. The number of nitrogens with zero attached hydrogens (tertiary/aromatic N) is 9. The standard InChI is InChI=1S/C24H25ClN2O4.C23H22ClN3O2.C23H23ClN2O4.C23H25ClN2O3/c1-15-12-20(27(26-15)19-7-5-6-18(25)14-19)9-11-22(28)16(2)17-8-10-21(24(29)31-4)23(13-17)30-3;1-15-11-21(27(26-15)20-6-4-5-19(24)13-20)9-10-22(28)16(2)17-7-8-18(14-25)23(12-17)29-3;1-14-11-19(26(25-14)18-6-4-5-17(24)13-18)8-10-21(27)15(2)16-7-9-20(23(28)29)22(12-16)30-3;1-15-11-21(26(25-15)20-6-4-5-19(24)13-20)9-10-22(28)16(2)17-7-8-18(14-27)23(12-17)29-3/h5-8,10,12-14,16H,9,11H2,1-4H3;4-8,11-13,16H,9-10H2,1-3H3;4-7,9,11-13,15H,8,10H2,1-3H3,(H,28,29);4-8,11-13,16,27H,9-10,14H2,1-3H3. The van der Waals surface area contributed by atoms with E-state index in [9.17, 15) is 39.0 Å². The van der Waals surface area contributed by atoms with Gasteiger partial charge in [-0.3, -0.25) is 19.2 Å². The van der Waals surface area contributed by atoms with Gasteiger partial charge in [0.05, 0.1) is 93.2 Å². The van der Waals surface area contributed by atoms with Crippen molar-refractivity contribution in [2.45, 2.75) is 137 Å². The van der Waals surface area contributed by atoms with Crippen LogP contribution in [0.4, 0.5) is 0 Å². The highest BCUT2D eigenvalue weighted by molar-refractivity contribution is 6.31. The molecule has 4 unspecified atom stereocenters. The molecule has 0 bridgehead atoms. The minimum atomic E-state index is -1.07. The molecule has 12 aromatic rings. The molecule has 8 aromatic carbocycles. The number of ketones is 4. The summed E-state index contributed by atoms with van der Waals surface area (Å²) < 4.78 is 33.1. The van der Waals surface area contributed by atoms with Crippen molar-refractivity contribution < 1.29 is 62.7 Å². The number of esters is 1. The van der Waals surface area contributed by atoms with Crippen molar-refractivity contribution in [1.82, 2.24) is 39.1 Å². The van der Waals surface area contributed by atoms with Crippen LogP contribution in [0.3, 0.4) is 0 Å². The molecule has 0 aliphatic rings. The molecule has 0 saturated carbocycles. The Morgan fingerprint density at radius 1 is 0.387 bits per heavy atom. The highest BCUT2D eigenvalue weighted by Gasteiger charge is 2.26. The highest BCUT2D eigenvalue weighted by Crippen LogP contribution is 2.33. The molecule has 0 radical (unpaired) electrons. The van der Waals surface area contributed by atoms with Gasteiger partial charge in [-0.05, 0) is 215 Å². The predicted molar refractivity (Wildman–Crippen MR) is 461 cm³/mol. The number of aryl methyl sites for hydroxylation is 8. The van der Waals surface area contributed by atoms with Gasteiger partial charge in [-0.2, -0.15) is 25.7 Å². The molecule has 0 fully saturated rings. The number of hydrogen-bond donors (Lipinski definition) is 2. The number of ether oxygens (including phenoxy) is 5. The van der Waals surface area contributed by atoms with E-state index in [4.69, 9.17) is 75.3 Å². The molecule has 119 heavy (non-hydrogen) atoms. The van der Waals surface area contributed by atoms with Crippen LogP contribution in [0.5, 0.6) is 23.0 Å². The van der Waals surface area contributed by atoms with Crippen LogP contribution < -0.4 is 18.9 Å². The van der Waals surface area contributed by atoms with E-state index in [2.05, 4.69) is 26.5 Å². The third-order valence-corrected chi connectivity index (χ3v) is 21.1. The number of aromatic carboxylic acids is 1. The van der Waals surface area contributed by atoms with E-state index in [1.165, 1.54) is 34.5 Å². The zero-order chi connectivity index (χ0) is 86.3. The van der Waals surface area contributed by atoms with Crippen molar-refractivity contribution in [3.63, 3.8) is 0 Å². The zero-order valence-electron chi connectivity index (χ0n) is 68.6. The maximum absolute atomic E-state index is 12.9. The maximum atomic E-state index is 12.9. The molecule has 0 aliphatic heterocycles. The number of Topliss-reactive ketones (excluding diaryl/α,β-unsaturated/α-hetero) is 4. The summed E-state index contributed by atoms with van der Waals surface area (Å²) in [6, 6.07) is 60.5. The van der Waals surface area contributed by atoms with Crippen LogP contribution in [0.2, 0.25) is 20.1 Å². The van der Waals surface area contributed by atoms with Gasteiger partial charge in [0.2, 0.25) is 0 Å². The summed E-state index contributed by atoms with van der Waals surface area (Å²) in [5.41, 5.74) is 15.6. The van der Waals surface area contributed by atoms with Gasteiger partial charge in [0, 0.05) is 97.8 Å². The lowest BCUT2D eigenvalue weighted by atomic mass is 9.92. The third-order valence-electron chi connectivity index (χ3n) is 20.2. The lowest BCUT2D eigenvalue weighted by molar-refractivity contribution is -0.120. The summed E-state index contributed by atoms with van der Waals surface area (Å²) in [6.45, 7) is 15.0. The number of aliphatic hydroxyl groups excluding tert-OH is 1. The molecular formula is C93H95Cl4N9O13. The number of methoxy groups -OCH3 is 5. The number of benzene rings is 8. The molecule has 2 N–H and O–H groups in total. The van der Waals surface area contributed by atoms with E-state index in [1.54, 1.807) is 61.7 Å². The number of hydrogen-bond acceptors (Lipinski definition) is 17. The Bertz CT molecular complexity index is 5660. The Balaban J connectivity index is 0.000000181. The zero-order valence-corrected chi connectivity index (χ0v) is 71.6. The molecule has 12 rings (SSSR count). The normalized spacial score (nSPS) is 11.8. The molecule has 4 atom stereocenters. The summed E-state index contributed by atoms with van der Waals surface area (Å²) in [7, 11) is 7.29. The van der Waals surface area contributed by atoms with Crippen LogP contribution in [0.1, 0.15) is 177 Å². The van der Waals surface area contributed by atoms with Crippen LogP contribution in [0.15, 0.2) is 194 Å². The Hall–Kier alpha value is -12.0. The molecular weight excluding hydrogens is 1590 g/mol. The molecule has 4 aromatic heterocycles. The Morgan fingerprint density at radius 2 is 0.672 bits per heavy atom. The third kappa shape index (κ3) is 24.1. The van der Waals surface area contributed by atoms with Crippen LogP contribution in [0, 0.1) is 39.0 Å². The summed E-state index contributed by atoms with van der Waals surface area (Å²) in [6.07, 6.45) is 3.71. The molecule has 26 heteroatoms. The summed E-state index contributed by atoms with van der Waals surface area (Å²) in [5, 5.41) is 48.4. The first-order valence-corrected chi connectivity index (χ1v) is 39.9. The van der Waals surface area contributed by atoms with Gasteiger partial charge in [0.1, 0.15) is 63.3 Å². The second kappa shape index (κ2) is 42.9. The minimum Gasteiger partial charge on any atom is -0.496 e. The van der Waals surface area contributed by atoms with Crippen molar-refractivity contribution in [3.8, 4) is 51.8 Å². The number of carboxylic acids is 1. The fourth-order valence-electron chi connectivity index (χ4n) is 13.5. The van der Waals surface area contributed by atoms with Crippen LogP contribution in [-0.2, 0) is 56.2 Å². The van der Waals surface area contributed by atoms with Crippen molar-refractivity contribution in [1.29, 1.82) is 5.26 Å². The number of halogens is 4. The highest BCUT2D eigenvalue weighted by atomic mass is 35.5. The second-order valence-electron chi connectivity index (χ2n) is 28.4. The largest absolute Gasteiger partial charge is 0.496 e. The number of aliphatic hydroxyl groups is 1. The van der Waals surface area contributed by atoms with Gasteiger partial charge in [-0.15, -0.1) is 0 Å². The lowest BCUT2D eigenvalue weighted by Gasteiger charge is -2.14. The molecule has 618 valence electrons. The number of carbonyl (C=O) groups is 6. The SMILES string of the molecule is COC(=O)c1ccc(C(C)C(=O)CCc2cc(C)nn2-c2cccc(Cl)c2)cc1OC.COc1cc(C(C)C(=O)CCc2cc(C)nn2-c2cccc(Cl)c2)ccc1C#N.COc1cc(C(C)C(=O)CCc2cc(C)nn2-c2cccc(Cl)c2)ccc1C(=O)O.COc1cc(C(C)C(=O)CCc2cc(C)nn2-c2cccc(Cl)c2)ccc1CO. The van der Waals surface area contributed by atoms with E-state index in [1.807, 2.05) is 208 Å².